The Hall–Kier alpha value is -0.0900. The third kappa shape index (κ3) is 3.76. The van der Waals surface area contributed by atoms with Gasteiger partial charge in [-0.15, -0.1) is 0 Å². The van der Waals surface area contributed by atoms with Gasteiger partial charge in [0, 0.05) is 19.7 Å². The summed E-state index contributed by atoms with van der Waals surface area (Å²) >= 11 is 3.34. The van der Waals surface area contributed by atoms with E-state index in [-0.39, 0.29) is 10.7 Å². The van der Waals surface area contributed by atoms with Gasteiger partial charge in [0.25, 0.3) is 0 Å². The van der Waals surface area contributed by atoms with E-state index in [1.807, 2.05) is 11.8 Å². The maximum absolute atomic E-state index is 11.9. The maximum atomic E-state index is 11.9. The number of nitrogens with zero attached hydrogens (tertiary/aromatic N) is 1. The van der Waals surface area contributed by atoms with Crippen LogP contribution >= 0.6 is 15.9 Å². The van der Waals surface area contributed by atoms with Crippen LogP contribution in [0.25, 0.3) is 0 Å². The summed E-state index contributed by atoms with van der Waals surface area (Å²) in [7, 11) is 1.67. The summed E-state index contributed by atoms with van der Waals surface area (Å²) < 4.78 is 5.04. The van der Waals surface area contributed by atoms with E-state index >= 15 is 0 Å². The lowest BCUT2D eigenvalue weighted by molar-refractivity contribution is -0.133. The summed E-state index contributed by atoms with van der Waals surface area (Å²) in [6.07, 6.45) is 2.52. The molecule has 0 aromatic carbocycles. The quantitative estimate of drug-likeness (QED) is 0.696. The molecule has 88 valence electrons. The molecule has 1 fully saturated rings. The van der Waals surface area contributed by atoms with Crippen molar-refractivity contribution < 1.29 is 9.53 Å². The Bertz CT molecular complexity index is 217. The van der Waals surface area contributed by atoms with E-state index < -0.39 is 0 Å². The summed E-state index contributed by atoms with van der Waals surface area (Å²) in [5.74, 6) is 0.878. The molecule has 2 unspecified atom stereocenters. The van der Waals surface area contributed by atoms with E-state index in [4.69, 9.17) is 4.74 Å². The Morgan fingerprint density at radius 2 is 2.13 bits per heavy atom. The zero-order valence-corrected chi connectivity index (χ0v) is 11.3. The maximum Gasteiger partial charge on any atom is 0.236 e. The third-order valence-electron chi connectivity index (χ3n) is 2.96. The summed E-state index contributed by atoms with van der Waals surface area (Å²) in [6.45, 7) is 5.33. The Balaban J connectivity index is 2.54. The van der Waals surface area contributed by atoms with Crippen LogP contribution in [0.5, 0.6) is 0 Å². The predicted molar refractivity (Wildman–Crippen MR) is 64.2 cm³/mol. The number of carbonyl (C=O) groups excluding carboxylic acids is 1. The van der Waals surface area contributed by atoms with Crippen molar-refractivity contribution in [1.82, 2.24) is 4.90 Å². The number of halogens is 1. The van der Waals surface area contributed by atoms with Crippen molar-refractivity contribution in [2.75, 3.05) is 20.3 Å². The van der Waals surface area contributed by atoms with Crippen molar-refractivity contribution in [2.45, 2.75) is 37.6 Å². The smallest absolute Gasteiger partial charge is 0.236 e. The average molecular weight is 278 g/mol. The Morgan fingerprint density at radius 3 is 2.53 bits per heavy atom. The molecular weight excluding hydrogens is 258 g/mol. The fraction of sp³-hybridized carbons (Fsp3) is 0.909. The number of rotatable bonds is 6. The number of hydrogen-bond donors (Lipinski definition) is 0. The molecule has 0 aromatic rings. The fourth-order valence-electron chi connectivity index (χ4n) is 1.77. The molecule has 0 saturated heterocycles. The second kappa shape index (κ2) is 5.85. The topological polar surface area (TPSA) is 29.5 Å². The minimum atomic E-state index is -0.101. The lowest BCUT2D eigenvalue weighted by Crippen LogP contribution is -2.44. The van der Waals surface area contributed by atoms with Gasteiger partial charge in [0.15, 0.2) is 0 Å². The van der Waals surface area contributed by atoms with Gasteiger partial charge in [-0.3, -0.25) is 4.79 Å². The second-order valence-corrected chi connectivity index (χ2v) is 5.59. The van der Waals surface area contributed by atoms with Crippen LogP contribution in [0, 0.1) is 5.92 Å². The number of amides is 1. The van der Waals surface area contributed by atoms with Crippen LogP contribution in [-0.4, -0.2) is 41.9 Å². The summed E-state index contributed by atoms with van der Waals surface area (Å²) in [5.41, 5.74) is 0. The van der Waals surface area contributed by atoms with E-state index in [9.17, 15) is 4.79 Å². The fourth-order valence-corrected chi connectivity index (χ4v) is 2.03. The van der Waals surface area contributed by atoms with E-state index in [0.717, 1.165) is 0 Å². The molecule has 1 rings (SSSR count). The van der Waals surface area contributed by atoms with Gasteiger partial charge < -0.3 is 9.64 Å². The van der Waals surface area contributed by atoms with Crippen molar-refractivity contribution in [3.8, 4) is 0 Å². The molecule has 0 aromatic heterocycles. The summed E-state index contributed by atoms with van der Waals surface area (Å²) in [4.78, 5) is 13.8. The third-order valence-corrected chi connectivity index (χ3v) is 3.35. The standard InChI is InChI=1S/C11H20BrNO2/c1-8(12)11(14)13(6-7-15-3)9(2)10-4-5-10/h8-10H,4-7H2,1-3H3. The normalized spacial score (nSPS) is 19.7. The van der Waals surface area contributed by atoms with Gasteiger partial charge in [-0.1, -0.05) is 15.9 Å². The second-order valence-electron chi connectivity index (χ2n) is 4.22. The van der Waals surface area contributed by atoms with Crippen molar-refractivity contribution in [3.05, 3.63) is 0 Å². The molecule has 1 aliphatic carbocycles. The van der Waals surface area contributed by atoms with Gasteiger partial charge in [0.05, 0.1) is 11.4 Å². The van der Waals surface area contributed by atoms with Crippen LogP contribution in [0.3, 0.4) is 0 Å². The number of ether oxygens (including phenoxy) is 1. The highest BCUT2D eigenvalue weighted by atomic mass is 79.9. The Labute approximate surface area is 100 Å². The zero-order valence-electron chi connectivity index (χ0n) is 9.70. The van der Waals surface area contributed by atoms with E-state index in [1.165, 1.54) is 12.8 Å². The first-order valence-corrected chi connectivity index (χ1v) is 6.43. The van der Waals surface area contributed by atoms with Crippen molar-refractivity contribution in [1.29, 1.82) is 0 Å². The van der Waals surface area contributed by atoms with Gasteiger partial charge in [-0.2, -0.15) is 0 Å². The summed E-state index contributed by atoms with van der Waals surface area (Å²) in [5, 5.41) is 0. The molecule has 0 N–H and O–H groups in total. The highest BCUT2D eigenvalue weighted by Gasteiger charge is 2.34. The lowest BCUT2D eigenvalue weighted by Gasteiger charge is -2.30. The molecule has 2 atom stereocenters. The molecule has 0 aliphatic heterocycles. The van der Waals surface area contributed by atoms with Crippen LogP contribution in [0.4, 0.5) is 0 Å². The molecule has 0 radical (unpaired) electrons. The van der Waals surface area contributed by atoms with Crippen molar-refractivity contribution in [3.63, 3.8) is 0 Å². The summed E-state index contributed by atoms with van der Waals surface area (Å²) in [6, 6.07) is 0.354. The first kappa shape index (κ1) is 13.0. The monoisotopic (exact) mass is 277 g/mol. The molecule has 0 bridgehead atoms. The highest BCUT2D eigenvalue weighted by Crippen LogP contribution is 2.35. The highest BCUT2D eigenvalue weighted by molar-refractivity contribution is 9.10. The van der Waals surface area contributed by atoms with Crippen molar-refractivity contribution in [2.24, 2.45) is 5.92 Å². The molecule has 1 amide bonds. The lowest BCUT2D eigenvalue weighted by atomic mass is 10.1. The van der Waals surface area contributed by atoms with Gasteiger partial charge in [0.2, 0.25) is 5.91 Å². The van der Waals surface area contributed by atoms with Gasteiger partial charge in [-0.05, 0) is 32.6 Å². The Morgan fingerprint density at radius 1 is 1.53 bits per heavy atom. The SMILES string of the molecule is COCCN(C(=O)C(C)Br)C(C)C1CC1. The average Bonchev–Trinajstić information content (AvgIpc) is 3.00. The largest absolute Gasteiger partial charge is 0.383 e. The molecule has 4 heteroatoms. The van der Waals surface area contributed by atoms with Crippen LogP contribution in [0.2, 0.25) is 0 Å². The number of hydrogen-bond acceptors (Lipinski definition) is 2. The minimum absolute atomic E-state index is 0.101. The predicted octanol–water partition coefficient (Wildman–Crippen LogP) is 2.04. The van der Waals surface area contributed by atoms with Gasteiger partial charge >= 0.3 is 0 Å². The van der Waals surface area contributed by atoms with E-state index in [1.54, 1.807) is 7.11 Å². The first-order chi connectivity index (χ1) is 7.07. The van der Waals surface area contributed by atoms with E-state index in [2.05, 4.69) is 22.9 Å². The number of carbonyl (C=O) groups is 1. The number of alkyl halides is 1. The minimum Gasteiger partial charge on any atom is -0.383 e. The Kier molecular flexibility index (Phi) is 5.06. The molecular formula is C11H20BrNO2. The molecule has 15 heavy (non-hydrogen) atoms. The van der Waals surface area contributed by atoms with Crippen LogP contribution < -0.4 is 0 Å². The van der Waals surface area contributed by atoms with Gasteiger partial charge in [-0.25, -0.2) is 0 Å². The van der Waals surface area contributed by atoms with Crippen LogP contribution in [-0.2, 0) is 9.53 Å². The molecule has 3 nitrogen and oxygen atoms in total. The van der Waals surface area contributed by atoms with Gasteiger partial charge in [0.1, 0.15) is 0 Å². The number of methoxy groups -OCH3 is 1. The van der Waals surface area contributed by atoms with E-state index in [0.29, 0.717) is 25.1 Å². The molecule has 0 spiro atoms. The van der Waals surface area contributed by atoms with Crippen molar-refractivity contribution >= 4 is 21.8 Å². The zero-order chi connectivity index (χ0) is 11.4. The molecule has 0 heterocycles. The molecule has 1 saturated carbocycles. The van der Waals surface area contributed by atoms with Crippen LogP contribution in [0.15, 0.2) is 0 Å². The molecule has 1 aliphatic rings. The van der Waals surface area contributed by atoms with Crippen LogP contribution in [0.1, 0.15) is 26.7 Å². The first-order valence-electron chi connectivity index (χ1n) is 5.51.